The standard InChI is InChI=1S/C16H16F2N2O3/c1-11(21)20(10-13-3-2-8-23-13)7-6-19-16(22)12-4-5-14(17)15(18)9-12/h2-5,8-9H,6-7,10H2,1H3,(H,19,22). The maximum atomic E-state index is 13.1. The predicted molar refractivity (Wildman–Crippen MR) is 78.5 cm³/mol. The molecule has 1 N–H and O–H groups in total. The van der Waals surface area contributed by atoms with Gasteiger partial charge in [-0.05, 0) is 30.3 Å². The molecule has 0 aliphatic rings. The van der Waals surface area contributed by atoms with Crippen molar-refractivity contribution < 1.29 is 22.8 Å². The highest BCUT2D eigenvalue weighted by Crippen LogP contribution is 2.09. The van der Waals surface area contributed by atoms with E-state index >= 15 is 0 Å². The van der Waals surface area contributed by atoms with Crippen LogP contribution in [0.25, 0.3) is 0 Å². The summed E-state index contributed by atoms with van der Waals surface area (Å²) in [6, 6.07) is 6.38. The van der Waals surface area contributed by atoms with Crippen LogP contribution in [0.2, 0.25) is 0 Å². The van der Waals surface area contributed by atoms with E-state index in [4.69, 9.17) is 4.42 Å². The van der Waals surface area contributed by atoms with Gasteiger partial charge in [0.25, 0.3) is 5.91 Å². The normalized spacial score (nSPS) is 10.4. The molecule has 5 nitrogen and oxygen atoms in total. The second kappa shape index (κ2) is 7.53. The Hall–Kier alpha value is -2.70. The van der Waals surface area contributed by atoms with E-state index in [1.807, 2.05) is 0 Å². The molecule has 1 heterocycles. The van der Waals surface area contributed by atoms with Crippen molar-refractivity contribution in [2.24, 2.45) is 0 Å². The molecule has 0 bridgehead atoms. The summed E-state index contributed by atoms with van der Waals surface area (Å²) in [6.07, 6.45) is 1.51. The molecule has 0 radical (unpaired) electrons. The first-order valence-corrected chi connectivity index (χ1v) is 6.98. The van der Waals surface area contributed by atoms with Crippen LogP contribution in [0.4, 0.5) is 8.78 Å². The predicted octanol–water partition coefficient (Wildman–Crippen LogP) is 2.34. The number of nitrogens with zero attached hydrogens (tertiary/aromatic N) is 1. The molecule has 122 valence electrons. The second-order valence-corrected chi connectivity index (χ2v) is 4.90. The molecule has 0 saturated carbocycles. The first-order valence-electron chi connectivity index (χ1n) is 6.98. The first kappa shape index (κ1) is 16.7. The van der Waals surface area contributed by atoms with Gasteiger partial charge in [0, 0.05) is 25.6 Å². The van der Waals surface area contributed by atoms with Crippen LogP contribution in [0.15, 0.2) is 41.0 Å². The van der Waals surface area contributed by atoms with E-state index in [1.54, 1.807) is 12.1 Å². The van der Waals surface area contributed by atoms with Crippen molar-refractivity contribution >= 4 is 11.8 Å². The summed E-state index contributed by atoms with van der Waals surface area (Å²) in [7, 11) is 0. The van der Waals surface area contributed by atoms with Crippen molar-refractivity contribution in [1.29, 1.82) is 0 Å². The molecule has 7 heteroatoms. The molecule has 0 unspecified atom stereocenters. The topological polar surface area (TPSA) is 62.6 Å². The Balaban J connectivity index is 1.87. The van der Waals surface area contributed by atoms with E-state index in [-0.39, 0.29) is 24.6 Å². The van der Waals surface area contributed by atoms with Crippen LogP contribution < -0.4 is 5.32 Å². The summed E-state index contributed by atoms with van der Waals surface area (Å²) in [5.74, 6) is -2.16. The fourth-order valence-electron chi connectivity index (χ4n) is 1.98. The summed E-state index contributed by atoms with van der Waals surface area (Å²) < 4.78 is 31.1. The van der Waals surface area contributed by atoms with Crippen molar-refractivity contribution in [1.82, 2.24) is 10.2 Å². The van der Waals surface area contributed by atoms with Crippen molar-refractivity contribution in [3.63, 3.8) is 0 Å². The lowest BCUT2D eigenvalue weighted by molar-refractivity contribution is -0.129. The van der Waals surface area contributed by atoms with Gasteiger partial charge in [0.2, 0.25) is 5.91 Å². The van der Waals surface area contributed by atoms with E-state index in [0.29, 0.717) is 12.3 Å². The number of amides is 2. The van der Waals surface area contributed by atoms with E-state index in [0.717, 1.165) is 12.1 Å². The van der Waals surface area contributed by atoms with Crippen molar-refractivity contribution in [2.45, 2.75) is 13.5 Å². The number of carbonyl (C=O) groups excluding carboxylic acids is 2. The Morgan fingerprint density at radius 1 is 1.22 bits per heavy atom. The number of carbonyl (C=O) groups is 2. The number of rotatable bonds is 6. The summed E-state index contributed by atoms with van der Waals surface area (Å²) in [6.45, 7) is 2.16. The second-order valence-electron chi connectivity index (χ2n) is 4.90. The molecule has 1 aromatic carbocycles. The van der Waals surface area contributed by atoms with Crippen LogP contribution in [0.5, 0.6) is 0 Å². The summed E-state index contributed by atoms with van der Waals surface area (Å²) >= 11 is 0. The molecule has 2 rings (SSSR count). The lowest BCUT2D eigenvalue weighted by Gasteiger charge is -2.20. The van der Waals surface area contributed by atoms with Gasteiger partial charge in [0.05, 0.1) is 12.8 Å². The Bertz CT molecular complexity index is 687. The van der Waals surface area contributed by atoms with Gasteiger partial charge in [0.15, 0.2) is 11.6 Å². The molecule has 0 spiro atoms. The van der Waals surface area contributed by atoms with E-state index in [1.165, 1.54) is 24.2 Å². The van der Waals surface area contributed by atoms with Gasteiger partial charge in [-0.25, -0.2) is 8.78 Å². The summed E-state index contributed by atoms with van der Waals surface area (Å²) in [5, 5.41) is 2.56. The van der Waals surface area contributed by atoms with Gasteiger partial charge in [-0.2, -0.15) is 0 Å². The first-order chi connectivity index (χ1) is 11.0. The fourth-order valence-corrected chi connectivity index (χ4v) is 1.98. The van der Waals surface area contributed by atoms with Gasteiger partial charge in [-0.1, -0.05) is 0 Å². The average molecular weight is 322 g/mol. The third-order valence-electron chi connectivity index (χ3n) is 3.22. The Labute approximate surface area is 131 Å². The quantitative estimate of drug-likeness (QED) is 0.888. The average Bonchev–Trinajstić information content (AvgIpc) is 3.01. The molecule has 1 aromatic heterocycles. The number of furan rings is 1. The van der Waals surface area contributed by atoms with Crippen molar-refractivity contribution in [3.8, 4) is 0 Å². The van der Waals surface area contributed by atoms with E-state index < -0.39 is 17.5 Å². The number of hydrogen-bond acceptors (Lipinski definition) is 3. The van der Waals surface area contributed by atoms with Crippen LogP contribution in [0, 0.1) is 11.6 Å². The van der Waals surface area contributed by atoms with Crippen LogP contribution in [-0.4, -0.2) is 29.8 Å². The highest BCUT2D eigenvalue weighted by Gasteiger charge is 2.13. The summed E-state index contributed by atoms with van der Waals surface area (Å²) in [5.41, 5.74) is 0.0179. The minimum Gasteiger partial charge on any atom is -0.467 e. The maximum absolute atomic E-state index is 13.1. The minimum atomic E-state index is -1.08. The lowest BCUT2D eigenvalue weighted by Crippen LogP contribution is -2.37. The Morgan fingerprint density at radius 2 is 2.00 bits per heavy atom. The van der Waals surface area contributed by atoms with Crippen LogP contribution >= 0.6 is 0 Å². The minimum absolute atomic E-state index is 0.0179. The number of halogens is 2. The highest BCUT2D eigenvalue weighted by atomic mass is 19.2. The third kappa shape index (κ3) is 4.64. The van der Waals surface area contributed by atoms with Crippen molar-refractivity contribution in [3.05, 3.63) is 59.6 Å². The zero-order chi connectivity index (χ0) is 16.8. The molecule has 2 aromatic rings. The Kier molecular flexibility index (Phi) is 5.46. The zero-order valence-corrected chi connectivity index (χ0v) is 12.5. The molecule has 0 atom stereocenters. The molecular weight excluding hydrogens is 306 g/mol. The van der Waals surface area contributed by atoms with E-state index in [9.17, 15) is 18.4 Å². The van der Waals surface area contributed by atoms with Gasteiger partial charge < -0.3 is 14.6 Å². The molecule has 0 fully saturated rings. The zero-order valence-electron chi connectivity index (χ0n) is 12.5. The number of hydrogen-bond donors (Lipinski definition) is 1. The largest absolute Gasteiger partial charge is 0.467 e. The molecule has 0 aliphatic heterocycles. The Morgan fingerprint density at radius 3 is 2.61 bits per heavy atom. The monoisotopic (exact) mass is 322 g/mol. The van der Waals surface area contributed by atoms with Gasteiger partial charge in [-0.15, -0.1) is 0 Å². The number of benzene rings is 1. The molecule has 0 saturated heterocycles. The summed E-state index contributed by atoms with van der Waals surface area (Å²) in [4.78, 5) is 24.9. The van der Waals surface area contributed by atoms with Crippen LogP contribution in [-0.2, 0) is 11.3 Å². The van der Waals surface area contributed by atoms with Gasteiger partial charge >= 0.3 is 0 Å². The highest BCUT2D eigenvalue weighted by molar-refractivity contribution is 5.94. The lowest BCUT2D eigenvalue weighted by atomic mass is 10.2. The molecule has 0 aliphatic carbocycles. The maximum Gasteiger partial charge on any atom is 0.251 e. The van der Waals surface area contributed by atoms with Crippen LogP contribution in [0.1, 0.15) is 23.0 Å². The van der Waals surface area contributed by atoms with Crippen molar-refractivity contribution in [2.75, 3.05) is 13.1 Å². The van der Waals surface area contributed by atoms with Gasteiger partial charge in [0.1, 0.15) is 5.76 Å². The fraction of sp³-hybridized carbons (Fsp3) is 0.250. The molecule has 23 heavy (non-hydrogen) atoms. The van der Waals surface area contributed by atoms with Crippen LogP contribution in [0.3, 0.4) is 0 Å². The molecule has 2 amide bonds. The smallest absolute Gasteiger partial charge is 0.251 e. The molecular formula is C16H16F2N2O3. The third-order valence-corrected chi connectivity index (χ3v) is 3.22. The number of nitrogens with one attached hydrogen (secondary N) is 1. The SMILES string of the molecule is CC(=O)N(CCNC(=O)c1ccc(F)c(F)c1)Cc1ccco1. The van der Waals surface area contributed by atoms with Gasteiger partial charge in [-0.3, -0.25) is 9.59 Å². The van der Waals surface area contributed by atoms with E-state index in [2.05, 4.69) is 5.32 Å².